The highest BCUT2D eigenvalue weighted by molar-refractivity contribution is 6.06. The number of fused-ring (bicyclic) bond motifs is 1. The average Bonchev–Trinajstić information content (AvgIpc) is 3.08. The van der Waals surface area contributed by atoms with Crippen LogP contribution in [0.15, 0.2) is 12.1 Å². The van der Waals surface area contributed by atoms with Gasteiger partial charge < -0.3 is 20.3 Å². The first-order chi connectivity index (χ1) is 10.5. The molecule has 0 bridgehead atoms. The van der Waals surface area contributed by atoms with E-state index >= 15 is 0 Å². The zero-order valence-corrected chi connectivity index (χ0v) is 12.3. The molecule has 2 heterocycles. The number of carbonyl (C=O) groups is 3. The van der Waals surface area contributed by atoms with Gasteiger partial charge in [0, 0.05) is 37.8 Å². The number of hydrogen-bond acceptors (Lipinski definition) is 4. The Morgan fingerprint density at radius 2 is 1.91 bits per heavy atom. The van der Waals surface area contributed by atoms with Gasteiger partial charge in [0.15, 0.2) is 0 Å². The van der Waals surface area contributed by atoms with E-state index in [1.54, 1.807) is 18.0 Å². The first-order valence-corrected chi connectivity index (χ1v) is 7.17. The largest absolute Gasteiger partial charge is 0.410 e. The van der Waals surface area contributed by atoms with Gasteiger partial charge in [0.05, 0.1) is 5.56 Å². The van der Waals surface area contributed by atoms with Crippen molar-refractivity contribution in [3.8, 4) is 5.75 Å². The fraction of sp³-hybridized carbons (Fsp3) is 0.400. The van der Waals surface area contributed by atoms with Crippen LogP contribution in [0.1, 0.15) is 39.1 Å². The zero-order chi connectivity index (χ0) is 15.9. The summed E-state index contributed by atoms with van der Waals surface area (Å²) >= 11 is 0. The molecule has 2 aliphatic rings. The van der Waals surface area contributed by atoms with Gasteiger partial charge in [0.2, 0.25) is 0 Å². The third-order valence-electron chi connectivity index (χ3n) is 4.06. The van der Waals surface area contributed by atoms with Crippen LogP contribution in [0.3, 0.4) is 0 Å². The summed E-state index contributed by atoms with van der Waals surface area (Å²) in [5, 5.41) is 0. The summed E-state index contributed by atoms with van der Waals surface area (Å²) in [5.74, 6) is -0.250. The second-order valence-corrected chi connectivity index (χ2v) is 5.55. The number of ether oxygens (including phenoxy) is 1. The number of primary amides is 1. The number of benzene rings is 1. The van der Waals surface area contributed by atoms with Crippen molar-refractivity contribution in [2.24, 2.45) is 5.73 Å². The third kappa shape index (κ3) is 2.28. The van der Waals surface area contributed by atoms with Crippen LogP contribution in [0.4, 0.5) is 4.79 Å². The molecule has 3 rings (SSSR count). The Balaban J connectivity index is 2.05. The molecule has 0 aliphatic carbocycles. The Labute approximate surface area is 127 Å². The molecule has 0 radical (unpaired) electrons. The molecule has 0 aromatic heterocycles. The molecular weight excluding hydrogens is 286 g/mol. The average molecular weight is 303 g/mol. The summed E-state index contributed by atoms with van der Waals surface area (Å²) in [4.78, 5) is 39.1. The Hall–Kier alpha value is -2.57. The van der Waals surface area contributed by atoms with Crippen LogP contribution in [0, 0.1) is 0 Å². The van der Waals surface area contributed by atoms with Gasteiger partial charge >= 0.3 is 6.09 Å². The molecule has 0 spiro atoms. The van der Waals surface area contributed by atoms with E-state index in [-0.39, 0.29) is 23.1 Å². The maximum atomic E-state index is 12.6. The van der Waals surface area contributed by atoms with E-state index in [2.05, 4.69) is 0 Å². The van der Waals surface area contributed by atoms with Crippen LogP contribution in [-0.2, 0) is 6.54 Å². The summed E-state index contributed by atoms with van der Waals surface area (Å²) in [6.45, 7) is 1.78. The summed E-state index contributed by atoms with van der Waals surface area (Å²) in [6.07, 6.45) is 1.01. The maximum absolute atomic E-state index is 12.6. The molecule has 1 fully saturated rings. The van der Waals surface area contributed by atoms with Crippen molar-refractivity contribution >= 4 is 17.9 Å². The highest BCUT2D eigenvalue weighted by Gasteiger charge is 2.34. The van der Waals surface area contributed by atoms with E-state index < -0.39 is 6.09 Å². The topological polar surface area (TPSA) is 92.9 Å². The minimum absolute atomic E-state index is 0.0810. The number of likely N-dealkylation sites (tertiary alicyclic amines) is 1. The van der Waals surface area contributed by atoms with Crippen molar-refractivity contribution in [2.75, 3.05) is 20.1 Å². The monoisotopic (exact) mass is 303 g/mol. The molecule has 22 heavy (non-hydrogen) atoms. The molecule has 1 aromatic carbocycles. The number of carbonyl (C=O) groups excluding carboxylic acids is 3. The van der Waals surface area contributed by atoms with Gasteiger partial charge in [-0.2, -0.15) is 0 Å². The van der Waals surface area contributed by atoms with Crippen LogP contribution < -0.4 is 10.5 Å². The van der Waals surface area contributed by atoms with Crippen LogP contribution in [0.2, 0.25) is 0 Å². The fourth-order valence-electron chi connectivity index (χ4n) is 3.01. The predicted molar refractivity (Wildman–Crippen MR) is 77.6 cm³/mol. The Bertz CT molecular complexity index is 665. The number of rotatable bonds is 2. The predicted octanol–water partition coefficient (Wildman–Crippen LogP) is 0.966. The van der Waals surface area contributed by atoms with Crippen LogP contribution in [0.5, 0.6) is 5.75 Å². The van der Waals surface area contributed by atoms with Crippen molar-refractivity contribution in [3.63, 3.8) is 0 Å². The van der Waals surface area contributed by atoms with E-state index in [1.807, 2.05) is 0 Å². The van der Waals surface area contributed by atoms with Gasteiger partial charge in [0.1, 0.15) is 5.75 Å². The van der Waals surface area contributed by atoms with Gasteiger partial charge in [-0.1, -0.05) is 0 Å². The number of amides is 3. The van der Waals surface area contributed by atoms with E-state index in [1.165, 1.54) is 11.0 Å². The Morgan fingerprint density at radius 1 is 1.23 bits per heavy atom. The lowest BCUT2D eigenvalue weighted by Crippen LogP contribution is -2.28. The molecule has 1 saturated heterocycles. The fourth-order valence-corrected chi connectivity index (χ4v) is 3.01. The lowest BCUT2D eigenvalue weighted by atomic mass is 10.0. The number of hydrogen-bond donors (Lipinski definition) is 1. The maximum Gasteiger partial charge on any atom is 0.409 e. The van der Waals surface area contributed by atoms with Gasteiger partial charge in [0.25, 0.3) is 11.8 Å². The molecule has 2 N–H and O–H groups in total. The third-order valence-corrected chi connectivity index (χ3v) is 4.06. The molecule has 0 unspecified atom stereocenters. The van der Waals surface area contributed by atoms with Gasteiger partial charge in [-0.25, -0.2) is 4.79 Å². The molecule has 1 aromatic rings. The minimum Gasteiger partial charge on any atom is -0.410 e. The number of nitrogens with zero attached hydrogens (tertiary/aromatic N) is 2. The molecule has 2 aliphatic heterocycles. The second-order valence-electron chi connectivity index (χ2n) is 5.55. The quantitative estimate of drug-likeness (QED) is 0.881. The lowest BCUT2D eigenvalue weighted by Gasteiger charge is -2.17. The SMILES string of the molecule is CN1Cc2c(C(=O)N3CCCC3)ccc(OC(N)=O)c2C1=O. The first-order valence-electron chi connectivity index (χ1n) is 7.17. The van der Waals surface area contributed by atoms with Crippen molar-refractivity contribution in [3.05, 3.63) is 28.8 Å². The minimum atomic E-state index is -0.983. The van der Waals surface area contributed by atoms with E-state index in [0.717, 1.165) is 25.9 Å². The van der Waals surface area contributed by atoms with Crippen LogP contribution in [0.25, 0.3) is 0 Å². The van der Waals surface area contributed by atoms with Gasteiger partial charge in [-0.3, -0.25) is 9.59 Å². The smallest absolute Gasteiger partial charge is 0.409 e. The van der Waals surface area contributed by atoms with Gasteiger partial charge in [-0.05, 0) is 25.0 Å². The molecule has 3 amide bonds. The van der Waals surface area contributed by atoms with Crippen LogP contribution in [-0.4, -0.2) is 47.8 Å². The molecule has 0 saturated carbocycles. The summed E-state index contributed by atoms with van der Waals surface area (Å²) < 4.78 is 4.90. The zero-order valence-electron chi connectivity index (χ0n) is 12.3. The van der Waals surface area contributed by atoms with Gasteiger partial charge in [-0.15, -0.1) is 0 Å². The van der Waals surface area contributed by atoms with Crippen molar-refractivity contribution in [1.82, 2.24) is 9.80 Å². The van der Waals surface area contributed by atoms with E-state index in [4.69, 9.17) is 10.5 Å². The van der Waals surface area contributed by atoms with Crippen molar-refractivity contribution < 1.29 is 19.1 Å². The molecule has 0 atom stereocenters. The van der Waals surface area contributed by atoms with Crippen LogP contribution >= 0.6 is 0 Å². The van der Waals surface area contributed by atoms with Crippen molar-refractivity contribution in [1.29, 1.82) is 0 Å². The highest BCUT2D eigenvalue weighted by atomic mass is 16.5. The summed E-state index contributed by atoms with van der Waals surface area (Å²) in [7, 11) is 1.64. The second kappa shape index (κ2) is 5.32. The highest BCUT2D eigenvalue weighted by Crippen LogP contribution is 2.34. The van der Waals surface area contributed by atoms with Crippen molar-refractivity contribution in [2.45, 2.75) is 19.4 Å². The molecule has 7 nitrogen and oxygen atoms in total. The van der Waals surface area contributed by atoms with E-state index in [0.29, 0.717) is 17.7 Å². The summed E-state index contributed by atoms with van der Waals surface area (Å²) in [6, 6.07) is 3.06. The normalized spacial score (nSPS) is 16.9. The molecule has 7 heteroatoms. The lowest BCUT2D eigenvalue weighted by molar-refractivity contribution is 0.0785. The Morgan fingerprint density at radius 3 is 2.55 bits per heavy atom. The summed E-state index contributed by atoms with van der Waals surface area (Å²) in [5.41, 5.74) is 6.38. The molecular formula is C15H17N3O4. The standard InChI is InChI=1S/C15H17N3O4/c1-17-8-10-9(13(19)18-6-2-3-7-18)4-5-11(22-15(16)21)12(10)14(17)20/h4-5H,2-3,6-8H2,1H3,(H2,16,21). The Kier molecular flexibility index (Phi) is 3.48. The number of nitrogens with two attached hydrogens (primary N) is 1. The first kappa shape index (κ1) is 14.4. The van der Waals surface area contributed by atoms with E-state index in [9.17, 15) is 14.4 Å². The molecule has 116 valence electrons.